The molecule has 0 fully saturated rings. The molecular weight excluding hydrogens is 317 g/mol. The van der Waals surface area contributed by atoms with Crippen LogP contribution in [0.1, 0.15) is 11.1 Å². The molecule has 112 valence electrons. The van der Waals surface area contributed by atoms with E-state index in [0.717, 1.165) is 6.07 Å². The van der Waals surface area contributed by atoms with Crippen LogP contribution >= 0.6 is 11.6 Å². The van der Waals surface area contributed by atoms with E-state index in [0.29, 0.717) is 11.3 Å². The van der Waals surface area contributed by atoms with E-state index in [1.54, 1.807) is 19.2 Å². The van der Waals surface area contributed by atoms with E-state index in [4.69, 9.17) is 17.3 Å². The van der Waals surface area contributed by atoms with E-state index >= 15 is 0 Å². The molecule has 3 N–H and O–H groups in total. The lowest BCUT2D eigenvalue weighted by molar-refractivity contribution is 0.594. The van der Waals surface area contributed by atoms with E-state index in [2.05, 4.69) is 9.71 Å². The molecule has 1 aromatic carbocycles. The van der Waals surface area contributed by atoms with Crippen molar-refractivity contribution >= 4 is 27.3 Å². The number of benzene rings is 1. The molecule has 0 spiro atoms. The maximum atomic E-state index is 13.7. The van der Waals surface area contributed by atoms with E-state index in [9.17, 15) is 12.8 Å². The van der Waals surface area contributed by atoms with Crippen LogP contribution in [0, 0.1) is 12.7 Å². The Morgan fingerprint density at radius 3 is 2.76 bits per heavy atom. The lowest BCUT2D eigenvalue weighted by Crippen LogP contribution is -2.15. The van der Waals surface area contributed by atoms with Crippen molar-refractivity contribution in [3.63, 3.8) is 0 Å². The Morgan fingerprint density at radius 1 is 1.43 bits per heavy atom. The molecule has 2 rings (SSSR count). The zero-order valence-corrected chi connectivity index (χ0v) is 12.7. The summed E-state index contributed by atoms with van der Waals surface area (Å²) < 4.78 is 40.6. The largest absolute Gasteiger partial charge is 0.326 e. The van der Waals surface area contributed by atoms with Crippen LogP contribution in [0.4, 0.5) is 10.1 Å². The highest BCUT2D eigenvalue weighted by atomic mass is 35.5. The molecular formula is C13H13ClFN3O2S. The Hall–Kier alpha value is -1.70. The van der Waals surface area contributed by atoms with Crippen molar-refractivity contribution in [3.05, 3.63) is 52.6 Å². The number of aryl methyl sites for hydroxylation is 1. The Labute approximate surface area is 127 Å². The van der Waals surface area contributed by atoms with Gasteiger partial charge in [0.25, 0.3) is 10.0 Å². The first kappa shape index (κ1) is 15.7. The van der Waals surface area contributed by atoms with Crippen molar-refractivity contribution in [2.24, 2.45) is 5.73 Å². The van der Waals surface area contributed by atoms with Gasteiger partial charge in [-0.05, 0) is 36.2 Å². The second kappa shape index (κ2) is 5.97. The lowest BCUT2D eigenvalue weighted by Gasteiger charge is -2.12. The van der Waals surface area contributed by atoms with Gasteiger partial charge in [-0.3, -0.25) is 9.71 Å². The van der Waals surface area contributed by atoms with E-state index in [-0.39, 0.29) is 22.0 Å². The van der Waals surface area contributed by atoms with Crippen LogP contribution in [0.3, 0.4) is 0 Å². The molecule has 0 atom stereocenters. The lowest BCUT2D eigenvalue weighted by atomic mass is 10.2. The molecule has 0 saturated carbocycles. The van der Waals surface area contributed by atoms with Gasteiger partial charge in [-0.2, -0.15) is 0 Å². The van der Waals surface area contributed by atoms with Crippen LogP contribution in [0.5, 0.6) is 0 Å². The number of nitrogens with two attached hydrogens (primary N) is 1. The summed E-state index contributed by atoms with van der Waals surface area (Å²) in [5, 5.41) is -0.172. The van der Waals surface area contributed by atoms with Gasteiger partial charge < -0.3 is 5.73 Å². The average molecular weight is 330 g/mol. The Balaban J connectivity index is 2.45. The highest BCUT2D eigenvalue weighted by Crippen LogP contribution is 2.26. The third kappa shape index (κ3) is 3.31. The van der Waals surface area contributed by atoms with Crippen LogP contribution in [0.25, 0.3) is 0 Å². The van der Waals surface area contributed by atoms with Crippen LogP contribution in [0.15, 0.2) is 35.5 Å². The van der Waals surface area contributed by atoms with Crippen molar-refractivity contribution in [1.29, 1.82) is 0 Å². The van der Waals surface area contributed by atoms with Crippen LogP contribution in [0.2, 0.25) is 5.02 Å². The second-order valence-electron chi connectivity index (χ2n) is 4.38. The second-order valence-corrected chi connectivity index (χ2v) is 6.44. The molecule has 2 aromatic rings. The number of halogens is 2. The number of hydrogen-bond donors (Lipinski definition) is 2. The van der Waals surface area contributed by atoms with Crippen molar-refractivity contribution in [3.8, 4) is 0 Å². The maximum absolute atomic E-state index is 13.7. The number of sulfonamides is 1. The normalized spacial score (nSPS) is 11.4. The number of pyridine rings is 1. The van der Waals surface area contributed by atoms with Crippen molar-refractivity contribution < 1.29 is 12.8 Å². The Morgan fingerprint density at radius 2 is 2.14 bits per heavy atom. The molecule has 0 aliphatic heterocycles. The average Bonchev–Trinajstić information content (AvgIpc) is 2.44. The molecule has 0 amide bonds. The van der Waals surface area contributed by atoms with Crippen molar-refractivity contribution in [2.45, 2.75) is 18.4 Å². The SMILES string of the molecule is Cc1ccncc1NS(=O)(=O)c1cc(F)c(Cl)c(CN)c1. The summed E-state index contributed by atoms with van der Waals surface area (Å²) in [6.07, 6.45) is 2.92. The van der Waals surface area contributed by atoms with Gasteiger partial charge in [0.1, 0.15) is 5.82 Å². The smallest absolute Gasteiger partial charge is 0.262 e. The number of rotatable bonds is 4. The highest BCUT2D eigenvalue weighted by molar-refractivity contribution is 7.92. The predicted octanol–water partition coefficient (Wildman–Crippen LogP) is 2.44. The predicted molar refractivity (Wildman–Crippen MR) is 79.1 cm³/mol. The van der Waals surface area contributed by atoms with Crippen molar-refractivity contribution in [2.75, 3.05) is 4.72 Å². The summed E-state index contributed by atoms with van der Waals surface area (Å²) >= 11 is 5.72. The van der Waals surface area contributed by atoms with E-state index in [1.807, 2.05) is 0 Å². The minimum Gasteiger partial charge on any atom is -0.326 e. The Bertz CT molecular complexity index is 781. The highest BCUT2D eigenvalue weighted by Gasteiger charge is 2.19. The van der Waals surface area contributed by atoms with Gasteiger partial charge in [-0.15, -0.1) is 0 Å². The fourth-order valence-corrected chi connectivity index (χ4v) is 3.06. The fourth-order valence-electron chi connectivity index (χ4n) is 1.70. The molecule has 5 nitrogen and oxygen atoms in total. The number of aromatic nitrogens is 1. The monoisotopic (exact) mass is 329 g/mol. The minimum atomic E-state index is -3.95. The number of anilines is 1. The third-order valence-corrected chi connectivity index (χ3v) is 4.66. The van der Waals surface area contributed by atoms with Gasteiger partial charge in [0, 0.05) is 12.7 Å². The first-order valence-corrected chi connectivity index (χ1v) is 7.82. The van der Waals surface area contributed by atoms with E-state index < -0.39 is 15.8 Å². The fraction of sp³-hybridized carbons (Fsp3) is 0.154. The summed E-state index contributed by atoms with van der Waals surface area (Å²) in [5.41, 5.74) is 6.67. The molecule has 21 heavy (non-hydrogen) atoms. The van der Waals surface area contributed by atoms with Gasteiger partial charge >= 0.3 is 0 Å². The molecule has 0 bridgehead atoms. The zero-order chi connectivity index (χ0) is 15.6. The standard InChI is InChI=1S/C13H13ClFN3O2S/c1-8-2-3-17-7-12(8)18-21(19,20)10-4-9(6-16)13(14)11(15)5-10/h2-5,7,18H,6,16H2,1H3. The van der Waals surface area contributed by atoms with Gasteiger partial charge in [0.2, 0.25) is 0 Å². The zero-order valence-electron chi connectivity index (χ0n) is 11.1. The van der Waals surface area contributed by atoms with Crippen LogP contribution in [-0.4, -0.2) is 13.4 Å². The molecule has 8 heteroatoms. The minimum absolute atomic E-state index is 0.0645. The molecule has 0 saturated heterocycles. The third-order valence-electron chi connectivity index (χ3n) is 2.89. The first-order valence-electron chi connectivity index (χ1n) is 5.96. The summed E-state index contributed by atoms with van der Waals surface area (Å²) in [6.45, 7) is 1.67. The topological polar surface area (TPSA) is 85.1 Å². The summed E-state index contributed by atoms with van der Waals surface area (Å²) in [4.78, 5) is 3.60. The number of hydrogen-bond acceptors (Lipinski definition) is 4. The summed E-state index contributed by atoms with van der Waals surface area (Å²) in [5.74, 6) is -0.831. The van der Waals surface area contributed by atoms with Crippen molar-refractivity contribution in [1.82, 2.24) is 4.98 Å². The van der Waals surface area contributed by atoms with Crippen LogP contribution < -0.4 is 10.5 Å². The van der Waals surface area contributed by atoms with Crippen LogP contribution in [-0.2, 0) is 16.6 Å². The van der Waals surface area contributed by atoms with E-state index in [1.165, 1.54) is 12.3 Å². The molecule has 1 heterocycles. The van der Waals surface area contributed by atoms with Gasteiger partial charge in [0.05, 0.1) is 21.8 Å². The molecule has 1 aromatic heterocycles. The number of nitrogens with one attached hydrogen (secondary N) is 1. The molecule has 0 aliphatic carbocycles. The first-order chi connectivity index (χ1) is 9.85. The summed E-state index contributed by atoms with van der Waals surface area (Å²) in [7, 11) is -3.95. The molecule has 0 radical (unpaired) electrons. The Kier molecular flexibility index (Phi) is 4.46. The maximum Gasteiger partial charge on any atom is 0.262 e. The van der Waals surface area contributed by atoms with Gasteiger partial charge in [-0.25, -0.2) is 12.8 Å². The molecule has 0 aliphatic rings. The quantitative estimate of drug-likeness (QED) is 0.902. The number of nitrogens with zero attached hydrogens (tertiary/aromatic N) is 1. The van der Waals surface area contributed by atoms with Gasteiger partial charge in [-0.1, -0.05) is 11.6 Å². The molecule has 0 unspecified atom stereocenters. The van der Waals surface area contributed by atoms with Gasteiger partial charge in [0.15, 0.2) is 0 Å². The summed E-state index contributed by atoms with van der Waals surface area (Å²) in [6, 6.07) is 3.76.